The van der Waals surface area contributed by atoms with Crippen molar-refractivity contribution in [1.29, 1.82) is 0 Å². The number of hydrogen-bond acceptors (Lipinski definition) is 3. The number of thiophene rings is 1. The molecule has 0 atom stereocenters. The molecule has 3 rings (SSSR count). The number of nitrogens with one attached hydrogen (secondary N) is 1. The number of halogens is 2. The van der Waals surface area contributed by atoms with Crippen LogP contribution in [0.15, 0.2) is 36.4 Å². The van der Waals surface area contributed by atoms with Crippen LogP contribution in [0.2, 0.25) is 9.36 Å². The van der Waals surface area contributed by atoms with Crippen molar-refractivity contribution >= 4 is 46.3 Å². The number of piperazine rings is 1. The van der Waals surface area contributed by atoms with Gasteiger partial charge in [-0.25, -0.2) is 4.79 Å². The number of nitrogens with zero attached hydrogens (tertiary/aromatic N) is 2. The van der Waals surface area contributed by atoms with Gasteiger partial charge in [-0.3, -0.25) is 4.90 Å². The van der Waals surface area contributed by atoms with Crippen molar-refractivity contribution in [2.24, 2.45) is 0 Å². The molecule has 0 bridgehead atoms. The van der Waals surface area contributed by atoms with Crippen LogP contribution < -0.4 is 5.32 Å². The van der Waals surface area contributed by atoms with E-state index in [1.54, 1.807) is 23.5 Å². The predicted octanol–water partition coefficient (Wildman–Crippen LogP) is 4.40. The SMILES string of the molecule is O=C(Nc1cccc(Cl)c1)N1CCN(Cc2ccc(Cl)s2)CC1. The Bertz CT molecular complexity index is 683. The summed E-state index contributed by atoms with van der Waals surface area (Å²) in [6, 6.07) is 11.1. The van der Waals surface area contributed by atoms with Gasteiger partial charge >= 0.3 is 6.03 Å². The van der Waals surface area contributed by atoms with Gasteiger partial charge in [0.25, 0.3) is 0 Å². The molecular weight excluding hydrogens is 353 g/mol. The quantitative estimate of drug-likeness (QED) is 0.869. The minimum atomic E-state index is -0.0777. The van der Waals surface area contributed by atoms with Crippen LogP contribution in [0, 0.1) is 0 Å². The van der Waals surface area contributed by atoms with Gasteiger partial charge in [-0.05, 0) is 30.3 Å². The molecule has 1 aliphatic rings. The molecule has 0 unspecified atom stereocenters. The topological polar surface area (TPSA) is 35.6 Å². The van der Waals surface area contributed by atoms with Gasteiger partial charge < -0.3 is 10.2 Å². The van der Waals surface area contributed by atoms with E-state index in [9.17, 15) is 4.79 Å². The summed E-state index contributed by atoms with van der Waals surface area (Å²) in [6.07, 6.45) is 0. The van der Waals surface area contributed by atoms with Crippen molar-refractivity contribution in [2.75, 3.05) is 31.5 Å². The lowest BCUT2D eigenvalue weighted by Crippen LogP contribution is -2.49. The molecule has 1 fully saturated rings. The van der Waals surface area contributed by atoms with Gasteiger partial charge in [0.15, 0.2) is 0 Å². The van der Waals surface area contributed by atoms with Crippen molar-refractivity contribution in [2.45, 2.75) is 6.54 Å². The van der Waals surface area contributed by atoms with Gasteiger partial charge in [-0.15, -0.1) is 11.3 Å². The number of carbonyl (C=O) groups is 1. The molecule has 2 aromatic rings. The number of amides is 2. The zero-order valence-electron chi connectivity index (χ0n) is 12.5. The van der Waals surface area contributed by atoms with Crippen LogP contribution in [-0.2, 0) is 6.54 Å². The summed E-state index contributed by atoms with van der Waals surface area (Å²) in [5.74, 6) is 0. The maximum atomic E-state index is 12.3. The summed E-state index contributed by atoms with van der Waals surface area (Å²) >= 11 is 13.5. The molecule has 0 radical (unpaired) electrons. The summed E-state index contributed by atoms with van der Waals surface area (Å²) < 4.78 is 0.819. The highest BCUT2D eigenvalue weighted by molar-refractivity contribution is 7.16. The zero-order chi connectivity index (χ0) is 16.2. The molecule has 0 saturated carbocycles. The van der Waals surface area contributed by atoms with E-state index in [1.165, 1.54) is 4.88 Å². The Kier molecular flexibility index (Phi) is 5.43. The first kappa shape index (κ1) is 16.6. The highest BCUT2D eigenvalue weighted by atomic mass is 35.5. The third-order valence-electron chi connectivity index (χ3n) is 3.74. The maximum Gasteiger partial charge on any atom is 0.321 e. The molecule has 23 heavy (non-hydrogen) atoms. The van der Waals surface area contributed by atoms with Crippen LogP contribution >= 0.6 is 34.5 Å². The fourth-order valence-electron chi connectivity index (χ4n) is 2.53. The summed E-state index contributed by atoms with van der Waals surface area (Å²) in [5, 5.41) is 3.50. The maximum absolute atomic E-state index is 12.3. The first-order chi connectivity index (χ1) is 11.1. The second kappa shape index (κ2) is 7.53. The second-order valence-electron chi connectivity index (χ2n) is 5.41. The first-order valence-corrected chi connectivity index (χ1v) is 8.95. The average Bonchev–Trinajstić information content (AvgIpc) is 2.93. The van der Waals surface area contributed by atoms with Gasteiger partial charge in [0, 0.05) is 48.3 Å². The number of urea groups is 1. The molecule has 122 valence electrons. The third-order valence-corrected chi connectivity index (χ3v) is 5.19. The fraction of sp³-hybridized carbons (Fsp3) is 0.312. The smallest absolute Gasteiger partial charge is 0.321 e. The average molecular weight is 370 g/mol. The molecule has 1 aromatic carbocycles. The Hall–Kier alpha value is -1.27. The van der Waals surface area contributed by atoms with Gasteiger partial charge in [-0.1, -0.05) is 29.3 Å². The Morgan fingerprint density at radius 1 is 1.13 bits per heavy atom. The Balaban J connectivity index is 1.49. The van der Waals surface area contributed by atoms with Crippen molar-refractivity contribution in [3.63, 3.8) is 0 Å². The number of benzene rings is 1. The van der Waals surface area contributed by atoms with Crippen LogP contribution in [0.3, 0.4) is 0 Å². The van der Waals surface area contributed by atoms with Crippen molar-refractivity contribution in [1.82, 2.24) is 9.80 Å². The number of carbonyl (C=O) groups excluding carboxylic acids is 1. The molecule has 4 nitrogen and oxygen atoms in total. The van der Waals surface area contributed by atoms with Crippen LogP contribution in [0.4, 0.5) is 10.5 Å². The van der Waals surface area contributed by atoms with E-state index in [-0.39, 0.29) is 6.03 Å². The highest BCUT2D eigenvalue weighted by Gasteiger charge is 2.21. The zero-order valence-corrected chi connectivity index (χ0v) is 14.8. The molecule has 1 N–H and O–H groups in total. The summed E-state index contributed by atoms with van der Waals surface area (Å²) in [4.78, 5) is 17.7. The lowest BCUT2D eigenvalue weighted by Gasteiger charge is -2.34. The lowest BCUT2D eigenvalue weighted by atomic mass is 10.3. The number of hydrogen-bond donors (Lipinski definition) is 1. The van der Waals surface area contributed by atoms with E-state index in [2.05, 4.69) is 16.3 Å². The first-order valence-electron chi connectivity index (χ1n) is 7.38. The highest BCUT2D eigenvalue weighted by Crippen LogP contribution is 2.23. The second-order valence-corrected chi connectivity index (χ2v) is 7.65. The van der Waals surface area contributed by atoms with E-state index in [0.717, 1.165) is 29.7 Å². The van der Waals surface area contributed by atoms with E-state index in [0.29, 0.717) is 18.1 Å². The van der Waals surface area contributed by atoms with Gasteiger partial charge in [0.2, 0.25) is 0 Å². The predicted molar refractivity (Wildman–Crippen MR) is 96.6 cm³/mol. The molecule has 2 heterocycles. The molecule has 2 amide bonds. The standard InChI is InChI=1S/C16H17Cl2N3OS/c17-12-2-1-3-13(10-12)19-16(22)21-8-6-20(7-9-21)11-14-4-5-15(18)23-14/h1-5,10H,6-9,11H2,(H,19,22). The monoisotopic (exact) mass is 369 g/mol. The summed E-state index contributed by atoms with van der Waals surface area (Å²) in [6.45, 7) is 4.04. The van der Waals surface area contributed by atoms with Crippen molar-refractivity contribution in [3.8, 4) is 0 Å². The van der Waals surface area contributed by atoms with Crippen LogP contribution in [-0.4, -0.2) is 42.0 Å². The van der Waals surface area contributed by atoms with E-state index in [1.807, 2.05) is 23.1 Å². The van der Waals surface area contributed by atoms with Gasteiger partial charge in [0.05, 0.1) is 4.34 Å². The molecule has 0 spiro atoms. The summed E-state index contributed by atoms with van der Waals surface area (Å²) in [7, 11) is 0. The van der Waals surface area contributed by atoms with Crippen LogP contribution in [0.25, 0.3) is 0 Å². The van der Waals surface area contributed by atoms with E-state index < -0.39 is 0 Å². The largest absolute Gasteiger partial charge is 0.322 e. The minimum Gasteiger partial charge on any atom is -0.322 e. The van der Waals surface area contributed by atoms with Gasteiger partial charge in [-0.2, -0.15) is 0 Å². The molecule has 1 aromatic heterocycles. The van der Waals surface area contributed by atoms with Crippen molar-refractivity contribution < 1.29 is 4.79 Å². The van der Waals surface area contributed by atoms with E-state index >= 15 is 0 Å². The molecule has 1 saturated heterocycles. The Morgan fingerprint density at radius 3 is 2.57 bits per heavy atom. The minimum absolute atomic E-state index is 0.0777. The van der Waals surface area contributed by atoms with E-state index in [4.69, 9.17) is 23.2 Å². The third kappa shape index (κ3) is 4.61. The molecule has 0 aliphatic carbocycles. The Morgan fingerprint density at radius 2 is 1.91 bits per heavy atom. The lowest BCUT2D eigenvalue weighted by molar-refractivity contribution is 0.143. The fourth-order valence-corrected chi connectivity index (χ4v) is 3.86. The van der Waals surface area contributed by atoms with Gasteiger partial charge in [0.1, 0.15) is 0 Å². The number of rotatable bonds is 3. The number of anilines is 1. The molecule has 1 aliphatic heterocycles. The summed E-state index contributed by atoms with van der Waals surface area (Å²) in [5.41, 5.74) is 0.721. The van der Waals surface area contributed by atoms with Crippen LogP contribution in [0.1, 0.15) is 4.88 Å². The Labute approximate surface area is 149 Å². The molecule has 7 heteroatoms. The van der Waals surface area contributed by atoms with Crippen molar-refractivity contribution in [3.05, 3.63) is 50.6 Å². The normalized spacial score (nSPS) is 15.7. The molecular formula is C16H17Cl2N3OS. The van der Waals surface area contributed by atoms with Crippen LogP contribution in [0.5, 0.6) is 0 Å².